The quantitative estimate of drug-likeness (QED) is 0.780. The summed E-state index contributed by atoms with van der Waals surface area (Å²) in [6.07, 6.45) is -0.194. The van der Waals surface area contributed by atoms with Crippen molar-refractivity contribution in [2.45, 2.75) is 20.0 Å². The van der Waals surface area contributed by atoms with Gasteiger partial charge in [0.1, 0.15) is 11.7 Å². The fourth-order valence-corrected chi connectivity index (χ4v) is 4.43. The summed E-state index contributed by atoms with van der Waals surface area (Å²) in [5.74, 6) is 0.0743. The van der Waals surface area contributed by atoms with Crippen LogP contribution in [0.2, 0.25) is 5.02 Å². The van der Waals surface area contributed by atoms with Crippen molar-refractivity contribution in [2.24, 2.45) is 4.99 Å². The third-order valence-electron chi connectivity index (χ3n) is 3.61. The first-order valence-corrected chi connectivity index (χ1v) is 8.66. The van der Waals surface area contributed by atoms with Crippen LogP contribution in [0.5, 0.6) is 0 Å². The average Bonchev–Trinajstić information content (AvgIpc) is 2.94. The summed E-state index contributed by atoms with van der Waals surface area (Å²) < 4.78 is 15.2. The summed E-state index contributed by atoms with van der Waals surface area (Å²) in [4.78, 5) is 6.97. The Labute approximate surface area is 145 Å². The molecule has 1 unspecified atom stereocenters. The van der Waals surface area contributed by atoms with Crippen molar-refractivity contribution in [3.05, 3.63) is 54.4 Å². The molecule has 7 heteroatoms. The number of hydrogen-bond acceptors (Lipinski definition) is 4. The second-order valence-electron chi connectivity index (χ2n) is 5.13. The normalized spacial score (nSPS) is 18.5. The Morgan fingerprint density at radius 1 is 1.41 bits per heavy atom. The standard InChI is InChI=1S/C15H14BrClFN3S/c1-7-12(16)8(2)22-13(7)15-19-14(20-21(15)3)11-9(17)5-4-6-10(11)18/h4-6,15H,1-3H3,(H,19,20). The number of hydrazine groups is 1. The van der Waals surface area contributed by atoms with E-state index in [9.17, 15) is 4.39 Å². The molecule has 1 N–H and O–H groups in total. The minimum atomic E-state index is -0.381. The van der Waals surface area contributed by atoms with E-state index < -0.39 is 0 Å². The molecular weight excluding hydrogens is 389 g/mol. The molecule has 1 aliphatic heterocycles. The number of nitrogens with one attached hydrogen (secondary N) is 1. The third kappa shape index (κ3) is 2.58. The lowest BCUT2D eigenvalue weighted by Gasteiger charge is -2.17. The van der Waals surface area contributed by atoms with Gasteiger partial charge in [-0.25, -0.2) is 9.38 Å². The maximum Gasteiger partial charge on any atom is 0.156 e. The molecule has 0 saturated heterocycles. The number of aryl methyl sites for hydroxylation is 1. The van der Waals surface area contributed by atoms with Gasteiger partial charge in [0.25, 0.3) is 0 Å². The zero-order valence-electron chi connectivity index (χ0n) is 12.2. The summed E-state index contributed by atoms with van der Waals surface area (Å²) in [5.41, 5.74) is 4.57. The van der Waals surface area contributed by atoms with Crippen molar-refractivity contribution in [3.63, 3.8) is 0 Å². The summed E-state index contributed by atoms with van der Waals surface area (Å²) >= 11 is 11.4. The van der Waals surface area contributed by atoms with E-state index in [2.05, 4.69) is 40.2 Å². The molecule has 116 valence electrons. The van der Waals surface area contributed by atoms with E-state index in [1.54, 1.807) is 23.5 Å². The largest absolute Gasteiger partial charge is 0.301 e. The van der Waals surface area contributed by atoms with E-state index in [-0.39, 0.29) is 12.0 Å². The molecule has 2 heterocycles. The molecule has 0 aliphatic carbocycles. The van der Waals surface area contributed by atoms with Gasteiger partial charge >= 0.3 is 0 Å². The second-order valence-corrected chi connectivity index (χ2v) is 7.59. The Hall–Kier alpha value is -0.950. The maximum atomic E-state index is 14.1. The van der Waals surface area contributed by atoms with Gasteiger partial charge in [0.05, 0.1) is 10.6 Å². The summed E-state index contributed by atoms with van der Waals surface area (Å²) in [6.45, 7) is 4.12. The maximum absolute atomic E-state index is 14.1. The summed E-state index contributed by atoms with van der Waals surface area (Å²) in [5, 5.41) is 2.21. The highest BCUT2D eigenvalue weighted by Gasteiger charge is 2.30. The highest BCUT2D eigenvalue weighted by atomic mass is 79.9. The lowest BCUT2D eigenvalue weighted by atomic mass is 10.2. The van der Waals surface area contributed by atoms with Crippen molar-refractivity contribution >= 4 is 44.7 Å². The smallest absolute Gasteiger partial charge is 0.156 e. The van der Waals surface area contributed by atoms with Gasteiger partial charge < -0.3 is 5.43 Å². The van der Waals surface area contributed by atoms with Crippen LogP contribution in [0, 0.1) is 19.7 Å². The van der Waals surface area contributed by atoms with E-state index in [4.69, 9.17) is 11.6 Å². The molecule has 0 radical (unpaired) electrons. The van der Waals surface area contributed by atoms with Gasteiger partial charge in [-0.15, -0.1) is 11.3 Å². The predicted molar refractivity (Wildman–Crippen MR) is 93.1 cm³/mol. The number of rotatable bonds is 2. The molecule has 0 fully saturated rings. The van der Waals surface area contributed by atoms with Crippen LogP contribution >= 0.6 is 38.9 Å². The van der Waals surface area contributed by atoms with Gasteiger partial charge in [-0.2, -0.15) is 5.01 Å². The zero-order valence-corrected chi connectivity index (χ0v) is 15.4. The SMILES string of the molecule is Cc1sc(C2N=C(c3c(F)cccc3Cl)NN2C)c(C)c1Br. The monoisotopic (exact) mass is 401 g/mol. The molecule has 3 nitrogen and oxygen atoms in total. The fraction of sp³-hybridized carbons (Fsp3) is 0.267. The first-order valence-electron chi connectivity index (χ1n) is 6.67. The van der Waals surface area contributed by atoms with E-state index in [0.717, 1.165) is 14.9 Å². The molecule has 1 aromatic carbocycles. The van der Waals surface area contributed by atoms with Crippen LogP contribution in [-0.2, 0) is 0 Å². The average molecular weight is 403 g/mol. The number of aliphatic imine (C=N–C) groups is 1. The Balaban J connectivity index is 2.05. The van der Waals surface area contributed by atoms with Gasteiger partial charge in [-0.1, -0.05) is 17.7 Å². The van der Waals surface area contributed by atoms with Crippen LogP contribution < -0.4 is 5.43 Å². The lowest BCUT2D eigenvalue weighted by Crippen LogP contribution is -2.34. The Morgan fingerprint density at radius 2 is 2.14 bits per heavy atom. The second kappa shape index (κ2) is 5.92. The van der Waals surface area contributed by atoms with Crippen LogP contribution in [0.15, 0.2) is 27.7 Å². The first kappa shape index (κ1) is 15.9. The van der Waals surface area contributed by atoms with E-state index in [1.165, 1.54) is 10.9 Å². The van der Waals surface area contributed by atoms with Gasteiger partial charge in [0.2, 0.25) is 0 Å². The first-order chi connectivity index (χ1) is 10.4. The molecule has 0 amide bonds. The number of nitrogens with zero attached hydrogens (tertiary/aromatic N) is 2. The number of benzene rings is 1. The molecule has 0 saturated carbocycles. The van der Waals surface area contributed by atoms with Crippen molar-refractivity contribution < 1.29 is 4.39 Å². The molecular formula is C15H14BrClFN3S. The number of amidine groups is 1. The summed E-state index contributed by atoms with van der Waals surface area (Å²) in [7, 11) is 1.89. The highest BCUT2D eigenvalue weighted by molar-refractivity contribution is 9.10. The molecule has 0 spiro atoms. The molecule has 1 aliphatic rings. The van der Waals surface area contributed by atoms with Crippen molar-refractivity contribution in [1.29, 1.82) is 0 Å². The van der Waals surface area contributed by atoms with Gasteiger partial charge in [-0.3, -0.25) is 0 Å². The Morgan fingerprint density at radius 3 is 2.73 bits per heavy atom. The molecule has 22 heavy (non-hydrogen) atoms. The molecule has 3 rings (SSSR count). The minimum absolute atomic E-state index is 0.194. The van der Waals surface area contributed by atoms with Crippen molar-refractivity contribution in [3.8, 4) is 0 Å². The highest BCUT2D eigenvalue weighted by Crippen LogP contribution is 2.39. The number of thiophene rings is 1. The van der Waals surface area contributed by atoms with Gasteiger partial charge in [0, 0.05) is 21.3 Å². The third-order valence-corrected chi connectivity index (χ3v) is 6.62. The van der Waals surface area contributed by atoms with Crippen LogP contribution in [0.4, 0.5) is 4.39 Å². The van der Waals surface area contributed by atoms with Crippen molar-refractivity contribution in [1.82, 2.24) is 10.4 Å². The number of hydrogen-bond donors (Lipinski definition) is 1. The van der Waals surface area contributed by atoms with Crippen LogP contribution in [0.3, 0.4) is 0 Å². The number of halogens is 3. The minimum Gasteiger partial charge on any atom is -0.301 e. The predicted octanol–water partition coefficient (Wildman–Crippen LogP) is 4.82. The molecule has 0 bridgehead atoms. The van der Waals surface area contributed by atoms with Crippen molar-refractivity contribution in [2.75, 3.05) is 7.05 Å². The van der Waals surface area contributed by atoms with Crippen LogP contribution in [-0.4, -0.2) is 17.9 Å². The summed E-state index contributed by atoms with van der Waals surface area (Å²) in [6, 6.07) is 4.63. The lowest BCUT2D eigenvalue weighted by molar-refractivity contribution is 0.245. The van der Waals surface area contributed by atoms with Gasteiger partial charge in [-0.05, 0) is 47.5 Å². The molecule has 1 atom stereocenters. The van der Waals surface area contributed by atoms with Crippen LogP contribution in [0.25, 0.3) is 0 Å². The fourth-order valence-electron chi connectivity index (χ4n) is 2.45. The topological polar surface area (TPSA) is 27.6 Å². The Bertz CT molecular complexity index is 754. The van der Waals surface area contributed by atoms with E-state index in [0.29, 0.717) is 16.4 Å². The van der Waals surface area contributed by atoms with Crippen LogP contribution in [0.1, 0.15) is 27.0 Å². The molecule has 2 aromatic rings. The molecule has 1 aromatic heterocycles. The van der Waals surface area contributed by atoms with Gasteiger partial charge in [0.15, 0.2) is 6.17 Å². The van der Waals surface area contributed by atoms with E-state index >= 15 is 0 Å². The van der Waals surface area contributed by atoms with E-state index in [1.807, 2.05) is 12.1 Å². The Kier molecular flexibility index (Phi) is 4.29. The zero-order chi connectivity index (χ0) is 16.0.